The van der Waals surface area contributed by atoms with E-state index in [1.807, 2.05) is 0 Å². The Labute approximate surface area is 465 Å². The lowest BCUT2D eigenvalue weighted by Gasteiger charge is -2.31. The predicted octanol–water partition coefficient (Wildman–Crippen LogP) is 20.0. The van der Waals surface area contributed by atoms with Gasteiger partial charge in [0.25, 0.3) is 0 Å². The first-order valence-corrected chi connectivity index (χ1v) is 30.9. The van der Waals surface area contributed by atoms with E-state index in [2.05, 4.69) is 183 Å². The van der Waals surface area contributed by atoms with Crippen molar-refractivity contribution in [2.45, 2.75) is 193 Å². The molecule has 0 bridgehead atoms. The van der Waals surface area contributed by atoms with E-state index in [0.717, 1.165) is 98.6 Å². The number of hydrogen-bond acceptors (Lipinski definition) is 3. The fraction of sp³-hybridized carbons (Fsp3) is 0.444. The second kappa shape index (κ2) is 21.9. The molecule has 0 saturated carbocycles. The van der Waals surface area contributed by atoms with Crippen LogP contribution in [0.15, 0.2) is 108 Å². The third-order valence-corrected chi connectivity index (χ3v) is 19.6. The molecule has 4 N–H and O–H groups in total. The van der Waals surface area contributed by atoms with Gasteiger partial charge < -0.3 is 29.6 Å². The first kappa shape index (κ1) is 52.6. The van der Waals surface area contributed by atoms with Gasteiger partial charge in [-0.1, -0.05) is 116 Å². The van der Waals surface area contributed by atoms with Crippen LogP contribution < -0.4 is 11.5 Å². The monoisotopic (exact) mass is 1040 g/mol. The molecule has 6 heteroatoms. The van der Waals surface area contributed by atoms with Gasteiger partial charge in [0.05, 0.1) is 22.2 Å². The van der Waals surface area contributed by atoms with Gasteiger partial charge >= 0.3 is 0 Å². The molecule has 4 heterocycles. The molecule has 4 aliphatic rings. The maximum Gasteiger partial charge on any atom is 0.135 e. The highest BCUT2D eigenvalue weighted by molar-refractivity contribution is 5.98. The standard InChI is InChI=1S/C72H87N5O/c1-7-11-27-51-29-16-14-18-33-63-68(51)56-45-52(75-59-31-20-19-30-55(59)67-50(8-2)28-15-12-13-17-32-62(67)75)36-39-60(56)76(63)53-37-40-61-57(46-53)69-64(34-21-24-48(5)26-23-43-71(69,73)9-3)77(61)54-38-41-65-58(47-54)70-66(78-65)35-22-25-49(6)42-44-72(70,74)10-4/h17-22,30-41,45-51H,7-16,23-29,42-44,73-74H2,1-6H3/b32-17-,33-18-,34-21-,35-22-. The van der Waals surface area contributed by atoms with Crippen LogP contribution >= 0.6 is 0 Å². The molecule has 12 rings (SSSR count). The number of hydrogen-bond donors (Lipinski definition) is 2. The molecular weight excluding hydrogens is 951 g/mol. The SMILES string of the molecule is CCCCC1CCC/C=C\c2c1c1cc(-n3c4c(c5ccccc53)C(CC)CCCC/C=C\4)ccc1n2-c1ccc2c(c1)c1c(n2-c2ccc3oc4c(c3c2)C(N)(CC)CCC(C)C/C=C\4)/C=C\CC(C)CCCC1(N)CC. The Balaban J connectivity index is 1.12. The molecule has 0 amide bonds. The van der Waals surface area contributed by atoms with Gasteiger partial charge in [-0.2, -0.15) is 0 Å². The summed E-state index contributed by atoms with van der Waals surface area (Å²) in [4.78, 5) is 0. The van der Waals surface area contributed by atoms with Crippen molar-refractivity contribution in [3.63, 3.8) is 0 Å². The molecule has 78 heavy (non-hydrogen) atoms. The number of furan rings is 1. The van der Waals surface area contributed by atoms with E-state index in [0.29, 0.717) is 23.7 Å². The van der Waals surface area contributed by atoms with Crippen molar-refractivity contribution in [2.75, 3.05) is 0 Å². The van der Waals surface area contributed by atoms with Crippen LogP contribution in [0.5, 0.6) is 0 Å². The molecule has 6 nitrogen and oxygen atoms in total. The van der Waals surface area contributed by atoms with Gasteiger partial charge in [0.1, 0.15) is 11.3 Å². The average molecular weight is 1040 g/mol. The van der Waals surface area contributed by atoms with E-state index >= 15 is 0 Å². The smallest absolute Gasteiger partial charge is 0.135 e. The Morgan fingerprint density at radius 3 is 1.85 bits per heavy atom. The van der Waals surface area contributed by atoms with Crippen LogP contribution in [0.1, 0.15) is 227 Å². The minimum Gasteiger partial charge on any atom is -0.456 e. The largest absolute Gasteiger partial charge is 0.456 e. The lowest BCUT2D eigenvalue weighted by atomic mass is 9.80. The Kier molecular flexibility index (Phi) is 14.7. The van der Waals surface area contributed by atoms with Gasteiger partial charge in [-0.05, 0) is 216 Å². The number of nitrogens with two attached hydrogens (primary N) is 2. The van der Waals surface area contributed by atoms with Crippen LogP contribution in [0.4, 0.5) is 0 Å². The molecule has 8 aromatic rings. The van der Waals surface area contributed by atoms with Gasteiger partial charge in [-0.3, -0.25) is 0 Å². The molecule has 4 aromatic heterocycles. The van der Waals surface area contributed by atoms with Crippen molar-refractivity contribution in [1.82, 2.24) is 13.7 Å². The molecule has 0 spiro atoms. The fourth-order valence-corrected chi connectivity index (χ4v) is 15.0. The average Bonchev–Trinajstić information content (AvgIpc) is 4.36. The molecule has 6 unspecified atom stereocenters. The summed E-state index contributed by atoms with van der Waals surface area (Å²) >= 11 is 0. The van der Waals surface area contributed by atoms with Gasteiger partial charge in [0, 0.05) is 72.2 Å². The Morgan fingerprint density at radius 1 is 0.526 bits per heavy atom. The maximum absolute atomic E-state index is 8.00. The molecule has 4 aromatic carbocycles. The molecule has 0 saturated heterocycles. The van der Waals surface area contributed by atoms with Crippen LogP contribution in [0.25, 0.3) is 85.0 Å². The highest BCUT2D eigenvalue weighted by atomic mass is 16.3. The highest BCUT2D eigenvalue weighted by Crippen LogP contribution is 2.48. The zero-order chi connectivity index (χ0) is 53.7. The van der Waals surface area contributed by atoms with Crippen molar-refractivity contribution in [3.05, 3.63) is 148 Å². The van der Waals surface area contributed by atoms with Crippen molar-refractivity contribution in [3.8, 4) is 17.1 Å². The highest BCUT2D eigenvalue weighted by Gasteiger charge is 2.37. The lowest BCUT2D eigenvalue weighted by molar-refractivity contribution is 0.347. The van der Waals surface area contributed by atoms with Crippen LogP contribution in [-0.4, -0.2) is 13.7 Å². The van der Waals surface area contributed by atoms with Crippen molar-refractivity contribution >= 4 is 68.0 Å². The summed E-state index contributed by atoms with van der Waals surface area (Å²) in [5.74, 6) is 3.05. The van der Waals surface area contributed by atoms with Crippen molar-refractivity contribution in [2.24, 2.45) is 23.3 Å². The number of fused-ring (bicyclic) bond motifs is 12. The van der Waals surface area contributed by atoms with Gasteiger partial charge in [-0.15, -0.1) is 0 Å². The third-order valence-electron chi connectivity index (χ3n) is 19.6. The molecule has 4 aliphatic carbocycles. The number of unbranched alkanes of at least 4 members (excludes halogenated alkanes) is 1. The predicted molar refractivity (Wildman–Crippen MR) is 333 cm³/mol. The Bertz CT molecular complexity index is 3640. The van der Waals surface area contributed by atoms with E-state index in [9.17, 15) is 0 Å². The molecule has 0 fully saturated rings. The second-order valence-corrected chi connectivity index (χ2v) is 24.7. The summed E-state index contributed by atoms with van der Waals surface area (Å²) < 4.78 is 14.5. The first-order valence-electron chi connectivity index (χ1n) is 30.9. The maximum atomic E-state index is 8.00. The normalized spacial score (nSPS) is 25.8. The fourth-order valence-electron chi connectivity index (χ4n) is 15.0. The van der Waals surface area contributed by atoms with Crippen LogP contribution in [0, 0.1) is 11.8 Å². The van der Waals surface area contributed by atoms with E-state index in [1.165, 1.54) is 136 Å². The lowest BCUT2D eigenvalue weighted by Crippen LogP contribution is -2.37. The second-order valence-electron chi connectivity index (χ2n) is 24.7. The zero-order valence-electron chi connectivity index (χ0n) is 48.0. The van der Waals surface area contributed by atoms with Gasteiger partial charge in [0.2, 0.25) is 0 Å². The minimum atomic E-state index is -0.545. The number of aromatic nitrogens is 3. The third kappa shape index (κ3) is 9.21. The number of nitrogens with zero attached hydrogens (tertiary/aromatic N) is 3. The Morgan fingerprint density at radius 2 is 1.12 bits per heavy atom. The molecule has 6 atom stereocenters. The summed E-state index contributed by atoms with van der Waals surface area (Å²) in [5, 5.41) is 5.13. The number of para-hydroxylation sites is 1. The molecule has 406 valence electrons. The number of benzene rings is 4. The molecular formula is C72H87N5O. The van der Waals surface area contributed by atoms with Crippen LogP contribution in [0.2, 0.25) is 0 Å². The quantitative estimate of drug-likeness (QED) is 0.151. The van der Waals surface area contributed by atoms with E-state index in [-0.39, 0.29) is 0 Å². The number of rotatable bonds is 9. The number of allylic oxidation sites excluding steroid dienone is 4. The van der Waals surface area contributed by atoms with Crippen molar-refractivity contribution < 1.29 is 4.42 Å². The van der Waals surface area contributed by atoms with Gasteiger partial charge in [-0.25, -0.2) is 0 Å². The molecule has 0 aliphatic heterocycles. The van der Waals surface area contributed by atoms with E-state index in [4.69, 9.17) is 15.9 Å². The van der Waals surface area contributed by atoms with Crippen LogP contribution in [-0.2, 0) is 11.1 Å². The van der Waals surface area contributed by atoms with Crippen LogP contribution in [0.3, 0.4) is 0 Å². The summed E-state index contributed by atoms with van der Waals surface area (Å²) in [6.07, 6.45) is 41.3. The summed E-state index contributed by atoms with van der Waals surface area (Å²) in [7, 11) is 0. The topological polar surface area (TPSA) is 80.0 Å². The van der Waals surface area contributed by atoms with Crippen molar-refractivity contribution in [1.29, 1.82) is 0 Å². The Hall–Kier alpha value is -6.08. The van der Waals surface area contributed by atoms with Gasteiger partial charge in [0.15, 0.2) is 0 Å². The summed E-state index contributed by atoms with van der Waals surface area (Å²) in [5.41, 5.74) is 32.0. The molecule has 0 radical (unpaired) electrons. The zero-order valence-corrected chi connectivity index (χ0v) is 48.0. The van der Waals surface area contributed by atoms with E-state index < -0.39 is 11.1 Å². The minimum absolute atomic E-state index is 0.459. The first-order chi connectivity index (χ1) is 38.1. The summed E-state index contributed by atoms with van der Waals surface area (Å²) in [6, 6.07) is 30.9. The van der Waals surface area contributed by atoms with E-state index in [1.54, 1.807) is 0 Å². The summed E-state index contributed by atoms with van der Waals surface area (Å²) in [6.45, 7) is 14.0.